The summed E-state index contributed by atoms with van der Waals surface area (Å²) in [4.78, 5) is 26.3. The summed E-state index contributed by atoms with van der Waals surface area (Å²) >= 11 is 6.30. The van der Waals surface area contributed by atoms with Gasteiger partial charge in [0, 0.05) is 30.7 Å². The van der Waals surface area contributed by atoms with Crippen LogP contribution in [0.25, 0.3) is 22.0 Å². The predicted octanol–water partition coefficient (Wildman–Crippen LogP) is 6.49. The van der Waals surface area contributed by atoms with Gasteiger partial charge in [-0.15, -0.1) is 0 Å². The summed E-state index contributed by atoms with van der Waals surface area (Å²) in [6.45, 7) is 0. The Balaban J connectivity index is 1.72. The maximum Gasteiger partial charge on any atom is 0.416 e. The van der Waals surface area contributed by atoms with Crippen molar-refractivity contribution < 1.29 is 27.9 Å². The van der Waals surface area contributed by atoms with Gasteiger partial charge < -0.3 is 14.6 Å². The molecule has 0 aliphatic rings. The number of nitrogens with zero attached hydrogens (tertiary/aromatic N) is 2. The van der Waals surface area contributed by atoms with Crippen LogP contribution in [0.3, 0.4) is 0 Å². The van der Waals surface area contributed by atoms with Crippen LogP contribution in [0.5, 0.6) is 0 Å². The average Bonchev–Trinajstić information content (AvgIpc) is 3.07. The van der Waals surface area contributed by atoms with Crippen molar-refractivity contribution in [3.63, 3.8) is 0 Å². The van der Waals surface area contributed by atoms with Crippen LogP contribution in [0.2, 0.25) is 5.02 Å². The maximum absolute atomic E-state index is 13.4. The van der Waals surface area contributed by atoms with Gasteiger partial charge in [0.15, 0.2) is 0 Å². The number of aromatic carboxylic acids is 1. The fourth-order valence-electron chi connectivity index (χ4n) is 3.89. The summed E-state index contributed by atoms with van der Waals surface area (Å²) in [5.41, 5.74) is 1.50. The Morgan fingerprint density at radius 3 is 2.26 bits per heavy atom. The van der Waals surface area contributed by atoms with E-state index in [1.165, 1.54) is 21.6 Å². The first kappa shape index (κ1) is 23.4. The lowest BCUT2D eigenvalue weighted by molar-refractivity contribution is -0.137. The second-order valence-electron chi connectivity index (χ2n) is 7.71. The summed E-state index contributed by atoms with van der Waals surface area (Å²) in [5.74, 6) is -1.56. The summed E-state index contributed by atoms with van der Waals surface area (Å²) in [5, 5.41) is 9.98. The number of carboxylic acids is 1. The highest BCUT2D eigenvalue weighted by Gasteiger charge is 2.30. The second-order valence-corrected chi connectivity index (χ2v) is 8.09. The monoisotopic (exact) mass is 486 g/mol. The molecule has 174 valence electrons. The highest BCUT2D eigenvalue weighted by molar-refractivity contribution is 6.38. The van der Waals surface area contributed by atoms with E-state index >= 15 is 0 Å². The highest BCUT2D eigenvalue weighted by atomic mass is 35.5. The van der Waals surface area contributed by atoms with Crippen LogP contribution in [0.4, 0.5) is 18.9 Å². The number of amides is 1. The molecule has 0 spiro atoms. The summed E-state index contributed by atoms with van der Waals surface area (Å²) in [6, 6.07) is 16.2. The number of benzene rings is 3. The minimum atomic E-state index is -4.45. The van der Waals surface area contributed by atoms with Crippen LogP contribution in [-0.2, 0) is 13.2 Å². The summed E-state index contributed by atoms with van der Waals surface area (Å²) in [7, 11) is 3.15. The van der Waals surface area contributed by atoms with Crippen molar-refractivity contribution in [2.45, 2.75) is 6.18 Å². The molecule has 0 radical (unpaired) electrons. The Kier molecular flexibility index (Phi) is 5.87. The molecule has 0 unspecified atom stereocenters. The quantitative estimate of drug-likeness (QED) is 0.358. The molecule has 1 N–H and O–H groups in total. The zero-order valence-corrected chi connectivity index (χ0v) is 18.8. The molecule has 0 aliphatic carbocycles. The molecule has 34 heavy (non-hydrogen) atoms. The molecular weight excluding hydrogens is 469 g/mol. The van der Waals surface area contributed by atoms with Gasteiger partial charge in [0.05, 0.1) is 16.1 Å². The Hall–Kier alpha value is -3.78. The lowest BCUT2D eigenvalue weighted by Gasteiger charge is -2.20. The van der Waals surface area contributed by atoms with E-state index < -0.39 is 17.7 Å². The molecule has 0 bridgehead atoms. The predicted molar refractivity (Wildman–Crippen MR) is 125 cm³/mol. The normalized spacial score (nSPS) is 11.6. The van der Waals surface area contributed by atoms with E-state index in [1.54, 1.807) is 56.6 Å². The number of carbonyl (C=O) groups excluding carboxylic acids is 1. The van der Waals surface area contributed by atoms with Crippen molar-refractivity contribution >= 4 is 40.1 Å². The van der Waals surface area contributed by atoms with Gasteiger partial charge in [-0.1, -0.05) is 41.9 Å². The number of hydrogen-bond acceptors (Lipinski definition) is 2. The molecule has 1 amide bonds. The van der Waals surface area contributed by atoms with Gasteiger partial charge in [-0.25, -0.2) is 4.79 Å². The lowest BCUT2D eigenvalue weighted by atomic mass is 9.97. The number of alkyl halides is 3. The molecule has 3 aromatic carbocycles. The zero-order chi connectivity index (χ0) is 24.8. The number of carboxylic acid groups (broad SMARTS) is 1. The van der Waals surface area contributed by atoms with Gasteiger partial charge in [0.2, 0.25) is 0 Å². The second kappa shape index (κ2) is 8.53. The topological polar surface area (TPSA) is 62.5 Å². The fraction of sp³-hybridized carbons (Fsp3) is 0.120. The van der Waals surface area contributed by atoms with Crippen LogP contribution in [0.15, 0.2) is 66.7 Å². The third kappa shape index (κ3) is 4.01. The summed E-state index contributed by atoms with van der Waals surface area (Å²) in [6.07, 6.45) is -4.45. The van der Waals surface area contributed by atoms with Gasteiger partial charge >= 0.3 is 12.1 Å². The van der Waals surface area contributed by atoms with Gasteiger partial charge in [-0.2, -0.15) is 13.2 Å². The fourth-order valence-corrected chi connectivity index (χ4v) is 4.25. The van der Waals surface area contributed by atoms with Crippen LogP contribution in [0, 0.1) is 0 Å². The number of anilines is 1. The molecule has 0 saturated carbocycles. The molecule has 5 nitrogen and oxygen atoms in total. The van der Waals surface area contributed by atoms with Gasteiger partial charge in [-0.05, 0) is 47.5 Å². The van der Waals surface area contributed by atoms with Crippen molar-refractivity contribution in [1.29, 1.82) is 0 Å². The first-order chi connectivity index (χ1) is 16.0. The number of aryl methyl sites for hydroxylation is 1. The molecule has 1 heterocycles. The lowest BCUT2D eigenvalue weighted by Crippen LogP contribution is -2.26. The molecule has 0 aliphatic heterocycles. The molecule has 4 aromatic rings. The minimum absolute atomic E-state index is 0.0598. The van der Waals surface area contributed by atoms with Crippen molar-refractivity contribution in [2.75, 3.05) is 11.9 Å². The number of aromatic nitrogens is 1. The highest BCUT2D eigenvalue weighted by Crippen LogP contribution is 2.35. The Bertz CT molecular complexity index is 1430. The molecule has 9 heteroatoms. The minimum Gasteiger partial charge on any atom is -0.477 e. The standard InChI is InChI=1S/C25H18ClF3N2O3/c1-30(16-11-12-20-19(13-16)21(26)22(24(33)34)31(20)2)23(32)18-6-4-3-5-17(18)14-7-9-15(10-8-14)25(27,28)29/h3-13H,1-2H3,(H,33,34). The SMILES string of the molecule is CN(C(=O)c1ccccc1-c1ccc(C(F)(F)F)cc1)c1ccc2c(c1)c(Cl)c(C(=O)O)n2C. The number of hydrogen-bond donors (Lipinski definition) is 1. The largest absolute Gasteiger partial charge is 0.477 e. The van der Waals surface area contributed by atoms with Crippen LogP contribution >= 0.6 is 11.6 Å². The van der Waals surface area contributed by atoms with E-state index in [0.717, 1.165) is 12.1 Å². The van der Waals surface area contributed by atoms with E-state index in [1.807, 2.05) is 0 Å². The molecule has 0 atom stereocenters. The van der Waals surface area contributed by atoms with Crippen molar-refractivity contribution in [3.8, 4) is 11.1 Å². The number of fused-ring (bicyclic) bond motifs is 1. The first-order valence-electron chi connectivity index (χ1n) is 10.1. The Labute approximate surface area is 197 Å². The Morgan fingerprint density at radius 2 is 1.65 bits per heavy atom. The number of carbonyl (C=O) groups is 2. The summed E-state index contributed by atoms with van der Waals surface area (Å²) < 4.78 is 40.3. The van der Waals surface area contributed by atoms with Crippen LogP contribution < -0.4 is 4.90 Å². The van der Waals surface area contributed by atoms with E-state index in [2.05, 4.69) is 0 Å². The molecule has 1 aromatic heterocycles. The Morgan fingerprint density at radius 1 is 1.00 bits per heavy atom. The van der Waals surface area contributed by atoms with E-state index in [-0.39, 0.29) is 16.6 Å². The molecule has 0 saturated heterocycles. The van der Waals surface area contributed by atoms with Crippen LogP contribution in [0.1, 0.15) is 26.4 Å². The first-order valence-corrected chi connectivity index (χ1v) is 10.4. The van der Waals surface area contributed by atoms with Crippen molar-refractivity contribution in [3.05, 3.63) is 88.6 Å². The van der Waals surface area contributed by atoms with Gasteiger partial charge in [0.25, 0.3) is 5.91 Å². The van der Waals surface area contributed by atoms with Crippen LogP contribution in [-0.4, -0.2) is 28.6 Å². The maximum atomic E-state index is 13.4. The third-order valence-electron chi connectivity index (χ3n) is 5.70. The van der Waals surface area contributed by atoms with E-state index in [4.69, 9.17) is 11.6 Å². The van der Waals surface area contributed by atoms with Crippen molar-refractivity contribution in [1.82, 2.24) is 4.57 Å². The van der Waals surface area contributed by atoms with Gasteiger partial charge in [-0.3, -0.25) is 4.79 Å². The van der Waals surface area contributed by atoms with E-state index in [0.29, 0.717) is 33.3 Å². The van der Waals surface area contributed by atoms with Gasteiger partial charge in [0.1, 0.15) is 5.69 Å². The van der Waals surface area contributed by atoms with Crippen molar-refractivity contribution in [2.24, 2.45) is 7.05 Å². The smallest absolute Gasteiger partial charge is 0.416 e. The number of rotatable bonds is 4. The third-order valence-corrected chi connectivity index (χ3v) is 6.08. The molecule has 0 fully saturated rings. The molecule has 4 rings (SSSR count). The average molecular weight is 487 g/mol. The zero-order valence-electron chi connectivity index (χ0n) is 18.0. The molecular formula is C25H18ClF3N2O3. The number of halogens is 4. The van der Waals surface area contributed by atoms with E-state index in [9.17, 15) is 27.9 Å².